The summed E-state index contributed by atoms with van der Waals surface area (Å²) in [6.45, 7) is 2.82. The van der Waals surface area contributed by atoms with Crippen LogP contribution in [0, 0.1) is 11.6 Å². The Hall–Kier alpha value is -2.55. The molecule has 1 saturated heterocycles. The van der Waals surface area contributed by atoms with Crippen LogP contribution in [0.3, 0.4) is 0 Å². The van der Waals surface area contributed by atoms with Crippen molar-refractivity contribution in [2.45, 2.75) is 38.4 Å². The smallest absolute Gasteiger partial charge is 0.305 e. The van der Waals surface area contributed by atoms with Gasteiger partial charge in [-0.25, -0.2) is 8.78 Å². The SMILES string of the molecule is COC(=O)CCCCC(=O)N1CCN(CC(OCc2c(F)cccc2F)c2ccc(Cl)cc2)CC1. The van der Waals surface area contributed by atoms with Crippen molar-refractivity contribution in [1.82, 2.24) is 9.80 Å². The van der Waals surface area contributed by atoms with Gasteiger partial charge in [-0.05, 0) is 42.7 Å². The zero-order valence-corrected chi connectivity index (χ0v) is 20.6. The molecule has 1 fully saturated rings. The van der Waals surface area contributed by atoms with E-state index in [0.29, 0.717) is 63.4 Å². The molecule has 1 atom stereocenters. The maximum absolute atomic E-state index is 14.1. The summed E-state index contributed by atoms with van der Waals surface area (Å²) in [6, 6.07) is 11.0. The molecule has 0 saturated carbocycles. The van der Waals surface area contributed by atoms with Crippen LogP contribution in [0.1, 0.15) is 42.9 Å². The lowest BCUT2D eigenvalue weighted by molar-refractivity contribution is -0.141. The Labute approximate surface area is 209 Å². The number of hydrogen-bond acceptors (Lipinski definition) is 5. The van der Waals surface area contributed by atoms with Gasteiger partial charge in [0.15, 0.2) is 0 Å². The van der Waals surface area contributed by atoms with Gasteiger partial charge in [0.05, 0.1) is 19.8 Å². The standard InChI is InChI=1S/C26H31ClF2N2O4/c1-34-26(33)8-3-2-7-25(32)31-15-13-30(14-16-31)17-24(19-9-11-20(27)12-10-19)35-18-21-22(28)5-4-6-23(21)29/h4-6,9-12,24H,2-3,7-8,13-18H2,1H3. The quantitative estimate of drug-likeness (QED) is 0.324. The van der Waals surface area contributed by atoms with Gasteiger partial charge in [-0.2, -0.15) is 0 Å². The molecular weight excluding hydrogens is 478 g/mol. The van der Waals surface area contributed by atoms with Crippen molar-refractivity contribution < 1.29 is 27.8 Å². The van der Waals surface area contributed by atoms with E-state index in [0.717, 1.165) is 5.56 Å². The maximum Gasteiger partial charge on any atom is 0.305 e. The highest BCUT2D eigenvalue weighted by molar-refractivity contribution is 6.30. The number of carbonyl (C=O) groups excluding carboxylic acids is 2. The van der Waals surface area contributed by atoms with Crippen LogP contribution in [0.5, 0.6) is 0 Å². The molecule has 0 aliphatic carbocycles. The Balaban J connectivity index is 1.54. The van der Waals surface area contributed by atoms with E-state index in [1.165, 1.54) is 25.3 Å². The molecule has 0 radical (unpaired) electrons. The van der Waals surface area contributed by atoms with Crippen LogP contribution < -0.4 is 0 Å². The van der Waals surface area contributed by atoms with Gasteiger partial charge in [0.25, 0.3) is 0 Å². The van der Waals surface area contributed by atoms with Gasteiger partial charge in [0.1, 0.15) is 11.6 Å². The molecule has 0 spiro atoms. The predicted molar refractivity (Wildman–Crippen MR) is 129 cm³/mol. The van der Waals surface area contributed by atoms with Crippen LogP contribution in [0.4, 0.5) is 8.78 Å². The van der Waals surface area contributed by atoms with E-state index in [4.69, 9.17) is 16.3 Å². The number of carbonyl (C=O) groups is 2. The molecule has 2 aromatic carbocycles. The Morgan fingerprint density at radius 2 is 1.60 bits per heavy atom. The van der Waals surface area contributed by atoms with Gasteiger partial charge in [-0.15, -0.1) is 0 Å². The van der Waals surface area contributed by atoms with E-state index in [1.807, 2.05) is 17.0 Å². The van der Waals surface area contributed by atoms with E-state index >= 15 is 0 Å². The largest absolute Gasteiger partial charge is 0.469 e. The minimum Gasteiger partial charge on any atom is -0.469 e. The van der Waals surface area contributed by atoms with Crippen LogP contribution in [-0.4, -0.2) is 61.5 Å². The van der Waals surface area contributed by atoms with Crippen molar-refractivity contribution in [1.29, 1.82) is 0 Å². The number of rotatable bonds is 11. The molecule has 6 nitrogen and oxygen atoms in total. The molecule has 0 aromatic heterocycles. The second kappa shape index (κ2) is 13.5. The van der Waals surface area contributed by atoms with Gasteiger partial charge in [-0.3, -0.25) is 14.5 Å². The van der Waals surface area contributed by atoms with Crippen LogP contribution in [-0.2, 0) is 25.7 Å². The third kappa shape index (κ3) is 8.26. The Bertz CT molecular complexity index is 962. The van der Waals surface area contributed by atoms with Gasteiger partial charge in [-0.1, -0.05) is 29.8 Å². The molecule has 190 valence electrons. The highest BCUT2D eigenvalue weighted by Crippen LogP contribution is 2.25. The number of nitrogens with zero attached hydrogens (tertiary/aromatic N) is 2. The van der Waals surface area contributed by atoms with Gasteiger partial charge in [0.2, 0.25) is 5.91 Å². The van der Waals surface area contributed by atoms with E-state index in [2.05, 4.69) is 9.64 Å². The maximum atomic E-state index is 14.1. The molecule has 2 aromatic rings. The monoisotopic (exact) mass is 508 g/mol. The zero-order chi connectivity index (χ0) is 25.2. The van der Waals surface area contributed by atoms with Crippen LogP contribution >= 0.6 is 11.6 Å². The number of methoxy groups -OCH3 is 1. The number of ether oxygens (including phenoxy) is 2. The average molecular weight is 509 g/mol. The second-order valence-electron chi connectivity index (χ2n) is 8.52. The lowest BCUT2D eigenvalue weighted by Gasteiger charge is -2.36. The molecule has 0 bridgehead atoms. The molecule has 9 heteroatoms. The number of piperazine rings is 1. The van der Waals surface area contributed by atoms with Crippen molar-refractivity contribution >= 4 is 23.5 Å². The summed E-state index contributed by atoms with van der Waals surface area (Å²) in [4.78, 5) is 27.7. The van der Waals surface area contributed by atoms with E-state index < -0.39 is 17.7 Å². The van der Waals surface area contributed by atoms with Crippen LogP contribution in [0.2, 0.25) is 5.02 Å². The van der Waals surface area contributed by atoms with Crippen molar-refractivity contribution in [2.24, 2.45) is 0 Å². The van der Waals surface area contributed by atoms with E-state index in [-0.39, 0.29) is 24.0 Å². The summed E-state index contributed by atoms with van der Waals surface area (Å²) in [5.41, 5.74) is 0.754. The third-order valence-electron chi connectivity index (χ3n) is 6.13. The van der Waals surface area contributed by atoms with Gasteiger partial charge < -0.3 is 14.4 Å². The summed E-state index contributed by atoms with van der Waals surface area (Å²) in [7, 11) is 1.35. The fourth-order valence-corrected chi connectivity index (χ4v) is 4.13. The molecule has 1 amide bonds. The Kier molecular flexibility index (Phi) is 10.4. The summed E-state index contributed by atoms with van der Waals surface area (Å²) in [6.07, 6.45) is 1.57. The number of unbranched alkanes of at least 4 members (excludes halogenated alkanes) is 1. The number of esters is 1. The molecule has 3 rings (SSSR count). The third-order valence-corrected chi connectivity index (χ3v) is 6.38. The molecule has 1 aliphatic rings. The lowest BCUT2D eigenvalue weighted by Crippen LogP contribution is -2.49. The van der Waals surface area contributed by atoms with Gasteiger partial charge in [0, 0.05) is 56.2 Å². The van der Waals surface area contributed by atoms with Crippen LogP contribution in [0.25, 0.3) is 0 Å². The second-order valence-corrected chi connectivity index (χ2v) is 8.95. The first kappa shape index (κ1) is 27.0. The minimum atomic E-state index is -0.640. The van der Waals surface area contributed by atoms with Crippen molar-refractivity contribution in [3.63, 3.8) is 0 Å². The minimum absolute atomic E-state index is 0.0787. The number of amides is 1. The molecule has 35 heavy (non-hydrogen) atoms. The molecule has 1 heterocycles. The first-order chi connectivity index (χ1) is 16.9. The highest BCUT2D eigenvalue weighted by Gasteiger charge is 2.24. The molecule has 1 unspecified atom stereocenters. The Morgan fingerprint density at radius 1 is 0.971 bits per heavy atom. The zero-order valence-electron chi connectivity index (χ0n) is 19.9. The van der Waals surface area contributed by atoms with E-state index in [9.17, 15) is 18.4 Å². The first-order valence-electron chi connectivity index (χ1n) is 11.7. The van der Waals surface area contributed by atoms with Crippen molar-refractivity contribution in [3.05, 3.63) is 70.2 Å². The summed E-state index contributed by atoms with van der Waals surface area (Å²) in [5, 5.41) is 0.589. The van der Waals surface area contributed by atoms with Crippen LogP contribution in [0.15, 0.2) is 42.5 Å². The topological polar surface area (TPSA) is 59.1 Å². The summed E-state index contributed by atoms with van der Waals surface area (Å²) < 4.78 is 38.8. The summed E-state index contributed by atoms with van der Waals surface area (Å²) >= 11 is 6.03. The lowest BCUT2D eigenvalue weighted by atomic mass is 10.1. The fraction of sp³-hybridized carbons (Fsp3) is 0.462. The predicted octanol–water partition coefficient (Wildman–Crippen LogP) is 4.75. The fourth-order valence-electron chi connectivity index (χ4n) is 4.01. The Morgan fingerprint density at radius 3 is 2.23 bits per heavy atom. The molecule has 0 N–H and O–H groups in total. The number of halogens is 3. The normalized spacial score (nSPS) is 15.1. The van der Waals surface area contributed by atoms with Crippen molar-refractivity contribution in [2.75, 3.05) is 39.8 Å². The first-order valence-corrected chi connectivity index (χ1v) is 12.1. The highest BCUT2D eigenvalue weighted by atomic mass is 35.5. The molecule has 1 aliphatic heterocycles. The summed E-state index contributed by atoms with van der Waals surface area (Å²) in [5.74, 6) is -1.46. The van der Waals surface area contributed by atoms with Crippen molar-refractivity contribution in [3.8, 4) is 0 Å². The number of hydrogen-bond donors (Lipinski definition) is 0. The van der Waals surface area contributed by atoms with Gasteiger partial charge >= 0.3 is 5.97 Å². The number of benzene rings is 2. The average Bonchev–Trinajstić information content (AvgIpc) is 2.86. The van der Waals surface area contributed by atoms with E-state index in [1.54, 1.807) is 12.1 Å². The molecular formula is C26H31ClF2N2O4.